The Morgan fingerprint density at radius 1 is 1.09 bits per heavy atom. The van der Waals surface area contributed by atoms with Crippen molar-refractivity contribution in [2.24, 2.45) is 0 Å². The van der Waals surface area contributed by atoms with E-state index in [-0.39, 0.29) is 30.8 Å². The van der Waals surface area contributed by atoms with Crippen LogP contribution < -0.4 is 4.90 Å². The standard InChI is InChI=1S/C17H24N2O3/c1-12-4-6-15(7-5-12)19-13(2)10-18(11-14(19)3)16(20)8-9-17(21)22/h4-7,13-14H,8-11H2,1-3H3,(H,21,22)/t13-,14-/m1/s1. The highest BCUT2D eigenvalue weighted by Gasteiger charge is 2.31. The maximum atomic E-state index is 12.1. The fourth-order valence-corrected chi connectivity index (χ4v) is 3.12. The SMILES string of the molecule is Cc1ccc(N2[C@H](C)CN(C(=O)CCC(=O)O)C[C@H]2C)cc1. The summed E-state index contributed by atoms with van der Waals surface area (Å²) in [5.74, 6) is -0.989. The zero-order valence-electron chi connectivity index (χ0n) is 13.5. The lowest BCUT2D eigenvalue weighted by molar-refractivity contribution is -0.141. The molecule has 5 nitrogen and oxygen atoms in total. The topological polar surface area (TPSA) is 60.9 Å². The molecule has 1 fully saturated rings. The number of benzene rings is 1. The van der Waals surface area contributed by atoms with Crippen LogP contribution in [0.15, 0.2) is 24.3 Å². The van der Waals surface area contributed by atoms with Crippen molar-refractivity contribution in [1.82, 2.24) is 4.90 Å². The summed E-state index contributed by atoms with van der Waals surface area (Å²) in [5, 5.41) is 8.70. The number of hydrogen-bond donors (Lipinski definition) is 1. The zero-order valence-corrected chi connectivity index (χ0v) is 13.5. The van der Waals surface area contributed by atoms with Gasteiger partial charge in [0.05, 0.1) is 6.42 Å². The van der Waals surface area contributed by atoms with Gasteiger partial charge in [-0.3, -0.25) is 9.59 Å². The van der Waals surface area contributed by atoms with Crippen molar-refractivity contribution in [3.8, 4) is 0 Å². The van der Waals surface area contributed by atoms with Gasteiger partial charge >= 0.3 is 5.97 Å². The molecular weight excluding hydrogens is 280 g/mol. The fourth-order valence-electron chi connectivity index (χ4n) is 3.12. The molecule has 0 aliphatic carbocycles. The first-order valence-corrected chi connectivity index (χ1v) is 7.73. The molecule has 2 atom stereocenters. The Balaban J connectivity index is 2.04. The van der Waals surface area contributed by atoms with E-state index in [1.165, 1.54) is 11.3 Å². The molecule has 1 amide bonds. The highest BCUT2D eigenvalue weighted by atomic mass is 16.4. The minimum absolute atomic E-state index is 0.0651. The van der Waals surface area contributed by atoms with Gasteiger partial charge in [-0.15, -0.1) is 0 Å². The van der Waals surface area contributed by atoms with Crippen LogP contribution in [-0.2, 0) is 9.59 Å². The van der Waals surface area contributed by atoms with Crippen LogP contribution in [0.4, 0.5) is 5.69 Å². The van der Waals surface area contributed by atoms with E-state index in [0.29, 0.717) is 13.1 Å². The lowest BCUT2D eigenvalue weighted by atomic mass is 10.0. The summed E-state index contributed by atoms with van der Waals surface area (Å²) >= 11 is 0. The number of carboxylic acid groups (broad SMARTS) is 1. The van der Waals surface area contributed by atoms with Crippen LogP contribution >= 0.6 is 0 Å². The highest BCUT2D eigenvalue weighted by molar-refractivity contribution is 5.81. The minimum Gasteiger partial charge on any atom is -0.481 e. The number of carboxylic acids is 1. The van der Waals surface area contributed by atoms with E-state index in [1.54, 1.807) is 4.90 Å². The predicted molar refractivity (Wildman–Crippen MR) is 86.0 cm³/mol. The number of aliphatic carboxylic acids is 1. The van der Waals surface area contributed by atoms with Gasteiger partial charge in [0.2, 0.25) is 5.91 Å². The quantitative estimate of drug-likeness (QED) is 0.927. The molecule has 1 aromatic rings. The molecule has 0 unspecified atom stereocenters. The first-order valence-electron chi connectivity index (χ1n) is 7.73. The predicted octanol–water partition coefficient (Wildman–Crippen LogP) is 2.29. The second-order valence-corrected chi connectivity index (χ2v) is 6.13. The Kier molecular flexibility index (Phi) is 5.06. The molecule has 0 radical (unpaired) electrons. The number of anilines is 1. The first kappa shape index (κ1) is 16.3. The third kappa shape index (κ3) is 3.78. The van der Waals surface area contributed by atoms with E-state index in [1.807, 2.05) is 0 Å². The number of hydrogen-bond acceptors (Lipinski definition) is 3. The number of piperazine rings is 1. The Morgan fingerprint density at radius 3 is 2.14 bits per heavy atom. The molecule has 5 heteroatoms. The van der Waals surface area contributed by atoms with Gasteiger partial charge in [-0.05, 0) is 32.9 Å². The van der Waals surface area contributed by atoms with Crippen molar-refractivity contribution >= 4 is 17.6 Å². The third-order valence-electron chi connectivity index (χ3n) is 4.16. The van der Waals surface area contributed by atoms with Crippen LogP contribution in [0.1, 0.15) is 32.3 Å². The summed E-state index contributed by atoms with van der Waals surface area (Å²) in [6, 6.07) is 8.84. The molecule has 0 saturated carbocycles. The maximum Gasteiger partial charge on any atom is 0.303 e. The number of carbonyl (C=O) groups is 2. The van der Waals surface area contributed by atoms with E-state index in [9.17, 15) is 9.59 Å². The van der Waals surface area contributed by atoms with Gasteiger partial charge in [-0.1, -0.05) is 17.7 Å². The van der Waals surface area contributed by atoms with E-state index in [2.05, 4.69) is 49.9 Å². The van der Waals surface area contributed by atoms with E-state index < -0.39 is 5.97 Å². The molecule has 0 spiro atoms. The average molecular weight is 304 g/mol. The second kappa shape index (κ2) is 6.81. The molecule has 22 heavy (non-hydrogen) atoms. The summed E-state index contributed by atoms with van der Waals surface area (Å²) in [5.41, 5.74) is 2.40. The van der Waals surface area contributed by atoms with E-state index >= 15 is 0 Å². The normalized spacial score (nSPS) is 21.8. The van der Waals surface area contributed by atoms with Crippen LogP contribution in [0.3, 0.4) is 0 Å². The van der Waals surface area contributed by atoms with Gasteiger partial charge in [-0.25, -0.2) is 0 Å². The van der Waals surface area contributed by atoms with Gasteiger partial charge in [0.15, 0.2) is 0 Å². The molecule has 1 aliphatic heterocycles. The Hall–Kier alpha value is -2.04. The highest BCUT2D eigenvalue weighted by Crippen LogP contribution is 2.25. The summed E-state index contributed by atoms with van der Waals surface area (Å²) in [4.78, 5) is 26.9. The number of nitrogens with zero attached hydrogens (tertiary/aromatic N) is 2. The lowest BCUT2D eigenvalue weighted by Crippen LogP contribution is -2.58. The van der Waals surface area contributed by atoms with Crippen molar-refractivity contribution in [2.75, 3.05) is 18.0 Å². The van der Waals surface area contributed by atoms with Gasteiger partial charge in [-0.2, -0.15) is 0 Å². The third-order valence-corrected chi connectivity index (χ3v) is 4.16. The number of amides is 1. The number of rotatable bonds is 4. The van der Waals surface area contributed by atoms with Gasteiger partial charge in [0.1, 0.15) is 0 Å². The number of aryl methyl sites for hydroxylation is 1. The first-order chi connectivity index (χ1) is 10.4. The second-order valence-electron chi connectivity index (χ2n) is 6.13. The van der Waals surface area contributed by atoms with Crippen LogP contribution in [0, 0.1) is 6.92 Å². The molecule has 1 aromatic carbocycles. The van der Waals surface area contributed by atoms with Crippen LogP contribution in [0.2, 0.25) is 0 Å². The smallest absolute Gasteiger partial charge is 0.303 e. The zero-order chi connectivity index (χ0) is 16.3. The average Bonchev–Trinajstić information content (AvgIpc) is 2.45. The molecule has 1 N–H and O–H groups in total. The van der Waals surface area contributed by atoms with Crippen molar-refractivity contribution < 1.29 is 14.7 Å². The molecular formula is C17H24N2O3. The monoisotopic (exact) mass is 304 g/mol. The largest absolute Gasteiger partial charge is 0.481 e. The van der Waals surface area contributed by atoms with Crippen molar-refractivity contribution in [1.29, 1.82) is 0 Å². The summed E-state index contributed by atoms with van der Waals surface area (Å²) in [6.45, 7) is 7.54. The van der Waals surface area contributed by atoms with Crippen molar-refractivity contribution in [3.05, 3.63) is 29.8 Å². The van der Waals surface area contributed by atoms with Gasteiger partial charge in [0, 0.05) is 37.3 Å². The number of carbonyl (C=O) groups excluding carboxylic acids is 1. The Bertz CT molecular complexity index is 529. The molecule has 1 saturated heterocycles. The van der Waals surface area contributed by atoms with E-state index in [0.717, 1.165) is 0 Å². The van der Waals surface area contributed by atoms with Crippen LogP contribution in [-0.4, -0.2) is 47.1 Å². The molecule has 0 aromatic heterocycles. The summed E-state index contributed by atoms with van der Waals surface area (Å²) in [7, 11) is 0. The van der Waals surface area contributed by atoms with Crippen LogP contribution in [0.25, 0.3) is 0 Å². The molecule has 1 aliphatic rings. The molecule has 1 heterocycles. The van der Waals surface area contributed by atoms with Gasteiger partial charge < -0.3 is 14.9 Å². The van der Waals surface area contributed by atoms with Gasteiger partial charge in [0.25, 0.3) is 0 Å². The van der Waals surface area contributed by atoms with Crippen molar-refractivity contribution in [2.45, 2.75) is 45.7 Å². The summed E-state index contributed by atoms with van der Waals surface area (Å²) < 4.78 is 0. The van der Waals surface area contributed by atoms with Crippen LogP contribution in [0.5, 0.6) is 0 Å². The molecule has 0 bridgehead atoms. The maximum absolute atomic E-state index is 12.1. The Labute approximate surface area is 131 Å². The minimum atomic E-state index is -0.923. The molecule has 120 valence electrons. The lowest BCUT2D eigenvalue weighted by Gasteiger charge is -2.46. The Morgan fingerprint density at radius 2 is 1.64 bits per heavy atom. The fraction of sp³-hybridized carbons (Fsp3) is 0.529. The molecule has 2 rings (SSSR count). The van der Waals surface area contributed by atoms with E-state index in [4.69, 9.17) is 5.11 Å². The summed E-state index contributed by atoms with van der Waals surface area (Å²) in [6.07, 6.45) is -0.0148. The van der Waals surface area contributed by atoms with Crippen molar-refractivity contribution in [3.63, 3.8) is 0 Å².